The zero-order valence-corrected chi connectivity index (χ0v) is 18.2. The first-order chi connectivity index (χ1) is 15.2. The lowest BCUT2D eigenvalue weighted by Crippen LogP contribution is -1.99. The molecule has 1 N–H and O–H groups in total. The number of phenolic OH excluding ortho intramolecular Hbond substituents is 1. The normalized spacial score (nSPS) is 11.5. The number of aliphatic imine (C=N–C) groups is 1. The molecular weight excluding hydrogens is 460 g/mol. The monoisotopic (exact) mass is 473 g/mol. The highest BCUT2D eigenvalue weighted by molar-refractivity contribution is 6.33. The van der Waals surface area contributed by atoms with E-state index in [9.17, 15) is 19.6 Å². The molecular formula is C22H14Cl2FN3O4. The topological polar surface area (TPSA) is 102 Å². The summed E-state index contributed by atoms with van der Waals surface area (Å²) in [5, 5.41) is 22.1. The summed E-state index contributed by atoms with van der Waals surface area (Å²) >= 11 is 12.3. The van der Waals surface area contributed by atoms with E-state index in [-0.39, 0.29) is 27.1 Å². The molecule has 0 spiro atoms. The van der Waals surface area contributed by atoms with Gasteiger partial charge in [-0.3, -0.25) is 15.1 Å². The zero-order chi connectivity index (χ0) is 23.2. The van der Waals surface area contributed by atoms with Crippen LogP contribution in [0.25, 0.3) is 22.6 Å². The van der Waals surface area contributed by atoms with Gasteiger partial charge in [0.1, 0.15) is 11.3 Å². The number of halogens is 3. The van der Waals surface area contributed by atoms with Crippen molar-refractivity contribution in [1.29, 1.82) is 0 Å². The molecule has 0 saturated heterocycles. The summed E-state index contributed by atoms with van der Waals surface area (Å²) in [5.74, 6) is -0.754. The van der Waals surface area contributed by atoms with Crippen LogP contribution in [0.1, 0.15) is 16.7 Å². The first-order valence-corrected chi connectivity index (χ1v) is 9.99. The lowest BCUT2D eigenvalue weighted by Gasteiger charge is -2.10. The first-order valence-electron chi connectivity index (χ1n) is 9.23. The van der Waals surface area contributed by atoms with E-state index in [1.165, 1.54) is 31.3 Å². The maximum atomic E-state index is 13.3. The van der Waals surface area contributed by atoms with Crippen LogP contribution in [0, 0.1) is 29.8 Å². The quantitative estimate of drug-likeness (QED) is 0.197. The predicted octanol–water partition coefficient (Wildman–Crippen LogP) is 6.92. The number of aromatic hydroxyl groups is 1. The summed E-state index contributed by atoms with van der Waals surface area (Å²) in [7, 11) is 0. The molecule has 0 aliphatic carbocycles. The Balaban J connectivity index is 1.74. The Morgan fingerprint density at radius 3 is 2.62 bits per heavy atom. The van der Waals surface area contributed by atoms with Crippen molar-refractivity contribution >= 4 is 51.9 Å². The number of nitrogens with zero attached hydrogens (tertiary/aromatic N) is 3. The van der Waals surface area contributed by atoms with Gasteiger partial charge in [-0.25, -0.2) is 9.37 Å². The van der Waals surface area contributed by atoms with Gasteiger partial charge in [0.2, 0.25) is 11.6 Å². The number of aromatic nitrogens is 1. The number of nitro groups is 1. The molecule has 162 valence electrons. The van der Waals surface area contributed by atoms with Crippen molar-refractivity contribution in [3.63, 3.8) is 0 Å². The SMILES string of the molecule is Cc1c(Cl)c(C)c([N+](=O)[O-])c(O)c1C=Nc1ccc2oc(-c3ccc(F)cc3Cl)nc2c1. The van der Waals surface area contributed by atoms with Crippen molar-refractivity contribution < 1.29 is 18.8 Å². The molecule has 7 nitrogen and oxygen atoms in total. The van der Waals surface area contributed by atoms with E-state index in [1.54, 1.807) is 25.1 Å². The van der Waals surface area contributed by atoms with Crippen LogP contribution in [0.5, 0.6) is 5.75 Å². The lowest BCUT2D eigenvalue weighted by molar-refractivity contribution is -0.386. The molecule has 4 rings (SSSR count). The molecule has 1 heterocycles. The van der Waals surface area contributed by atoms with E-state index in [2.05, 4.69) is 9.98 Å². The van der Waals surface area contributed by atoms with Gasteiger partial charge in [-0.05, 0) is 55.8 Å². The van der Waals surface area contributed by atoms with Crippen LogP contribution in [0.2, 0.25) is 10.0 Å². The van der Waals surface area contributed by atoms with E-state index >= 15 is 0 Å². The molecule has 4 aromatic rings. The van der Waals surface area contributed by atoms with E-state index < -0.39 is 22.2 Å². The maximum absolute atomic E-state index is 13.3. The van der Waals surface area contributed by atoms with Crippen molar-refractivity contribution in [2.45, 2.75) is 13.8 Å². The van der Waals surface area contributed by atoms with Crippen LogP contribution in [0.15, 0.2) is 45.8 Å². The predicted molar refractivity (Wildman–Crippen MR) is 121 cm³/mol. The number of fused-ring (bicyclic) bond motifs is 1. The Morgan fingerprint density at radius 2 is 1.94 bits per heavy atom. The molecule has 0 fully saturated rings. The first kappa shape index (κ1) is 21.7. The Morgan fingerprint density at radius 1 is 1.19 bits per heavy atom. The third kappa shape index (κ3) is 3.79. The highest BCUT2D eigenvalue weighted by Crippen LogP contribution is 2.40. The largest absolute Gasteiger partial charge is 0.502 e. The van der Waals surface area contributed by atoms with Crippen molar-refractivity contribution in [2.75, 3.05) is 0 Å². The van der Waals surface area contributed by atoms with Gasteiger partial charge in [0, 0.05) is 17.3 Å². The summed E-state index contributed by atoms with van der Waals surface area (Å²) in [5.41, 5.74) is 2.17. The standard InChI is InChI=1S/C22H14Cl2FN3O4/c1-10-15(21(29)20(28(30)31)11(2)19(10)24)9-26-13-4-6-18-17(8-13)27-22(32-18)14-5-3-12(25)7-16(14)23/h3-9,29H,1-2H3. The number of phenols is 1. The summed E-state index contributed by atoms with van der Waals surface area (Å²) in [6.07, 6.45) is 1.31. The molecule has 32 heavy (non-hydrogen) atoms. The average molecular weight is 474 g/mol. The molecule has 3 aromatic carbocycles. The molecule has 0 amide bonds. The molecule has 0 aliphatic rings. The molecule has 10 heteroatoms. The second kappa shape index (κ2) is 8.22. The van der Waals surface area contributed by atoms with Gasteiger partial charge in [-0.1, -0.05) is 23.2 Å². The second-order valence-corrected chi connectivity index (χ2v) is 7.77. The number of benzene rings is 3. The average Bonchev–Trinajstić information content (AvgIpc) is 3.15. The Hall–Kier alpha value is -3.49. The number of rotatable bonds is 4. The third-order valence-corrected chi connectivity index (χ3v) is 5.83. The molecule has 0 unspecified atom stereocenters. The van der Waals surface area contributed by atoms with Gasteiger partial charge in [-0.15, -0.1) is 0 Å². The fraction of sp³-hybridized carbons (Fsp3) is 0.0909. The number of hydrogen-bond donors (Lipinski definition) is 1. The highest BCUT2D eigenvalue weighted by atomic mass is 35.5. The third-order valence-electron chi connectivity index (χ3n) is 4.96. The lowest BCUT2D eigenvalue weighted by atomic mass is 10.0. The van der Waals surface area contributed by atoms with Gasteiger partial charge in [0.25, 0.3) is 0 Å². The van der Waals surface area contributed by atoms with E-state index in [1.807, 2.05) is 0 Å². The molecule has 0 saturated carbocycles. The van der Waals surface area contributed by atoms with Gasteiger partial charge in [0.15, 0.2) is 5.58 Å². The van der Waals surface area contributed by atoms with Crippen LogP contribution >= 0.6 is 23.2 Å². The van der Waals surface area contributed by atoms with E-state index in [0.29, 0.717) is 27.9 Å². The summed E-state index contributed by atoms with van der Waals surface area (Å²) < 4.78 is 19.0. The smallest absolute Gasteiger partial charge is 0.315 e. The van der Waals surface area contributed by atoms with Crippen molar-refractivity contribution in [3.05, 3.63) is 79.1 Å². The molecule has 0 bridgehead atoms. The van der Waals surface area contributed by atoms with Crippen LogP contribution in [0.4, 0.5) is 15.8 Å². The van der Waals surface area contributed by atoms with Crippen molar-refractivity contribution in [3.8, 4) is 17.2 Å². The summed E-state index contributed by atoms with van der Waals surface area (Å²) in [4.78, 5) is 19.3. The van der Waals surface area contributed by atoms with Gasteiger partial charge in [-0.2, -0.15) is 0 Å². The minimum atomic E-state index is -0.684. The van der Waals surface area contributed by atoms with Crippen molar-refractivity contribution in [2.24, 2.45) is 4.99 Å². The van der Waals surface area contributed by atoms with E-state index in [4.69, 9.17) is 27.6 Å². The number of oxazole rings is 1. The van der Waals surface area contributed by atoms with Gasteiger partial charge in [0.05, 0.1) is 26.2 Å². The fourth-order valence-electron chi connectivity index (χ4n) is 3.28. The number of nitro benzene ring substituents is 1. The van der Waals surface area contributed by atoms with Crippen LogP contribution in [-0.2, 0) is 0 Å². The maximum Gasteiger partial charge on any atom is 0.315 e. The van der Waals surface area contributed by atoms with Gasteiger partial charge < -0.3 is 9.52 Å². The Labute approximate surface area is 190 Å². The molecule has 0 aliphatic heterocycles. The van der Waals surface area contributed by atoms with E-state index in [0.717, 1.165) is 0 Å². The molecule has 0 atom stereocenters. The Bertz CT molecular complexity index is 1430. The second-order valence-electron chi connectivity index (χ2n) is 6.99. The highest BCUT2D eigenvalue weighted by Gasteiger charge is 2.25. The minimum Gasteiger partial charge on any atom is -0.502 e. The minimum absolute atomic E-state index is 0.145. The fourth-order valence-corrected chi connectivity index (χ4v) is 3.72. The van der Waals surface area contributed by atoms with Crippen molar-refractivity contribution in [1.82, 2.24) is 4.98 Å². The Kier molecular flexibility index (Phi) is 5.58. The van der Waals surface area contributed by atoms with Crippen LogP contribution in [-0.4, -0.2) is 21.2 Å². The summed E-state index contributed by atoms with van der Waals surface area (Å²) in [6.45, 7) is 3.11. The zero-order valence-electron chi connectivity index (χ0n) is 16.7. The van der Waals surface area contributed by atoms with Crippen LogP contribution in [0.3, 0.4) is 0 Å². The van der Waals surface area contributed by atoms with Gasteiger partial charge >= 0.3 is 5.69 Å². The molecule has 0 radical (unpaired) electrons. The summed E-state index contributed by atoms with van der Waals surface area (Å²) in [6, 6.07) is 8.83. The van der Waals surface area contributed by atoms with Crippen LogP contribution < -0.4 is 0 Å². The molecule has 1 aromatic heterocycles. The number of hydrogen-bond acceptors (Lipinski definition) is 6.